The van der Waals surface area contributed by atoms with E-state index in [2.05, 4.69) is 0 Å². The molecule has 0 radical (unpaired) electrons. The minimum Gasteiger partial charge on any atom is -0.497 e. The lowest BCUT2D eigenvalue weighted by molar-refractivity contribution is 0.288. The van der Waals surface area contributed by atoms with E-state index in [4.69, 9.17) is 14.0 Å². The number of benzene rings is 1. The smallest absolute Gasteiger partial charge is 0.497 e. The van der Waals surface area contributed by atoms with Gasteiger partial charge in [0.15, 0.2) is 0 Å². The van der Waals surface area contributed by atoms with E-state index in [-0.39, 0.29) is 5.46 Å². The van der Waals surface area contributed by atoms with Crippen molar-refractivity contribution in [2.24, 2.45) is 0 Å². The van der Waals surface area contributed by atoms with Crippen LogP contribution in [0.25, 0.3) is 0 Å². The molecule has 0 aliphatic carbocycles. The molecule has 1 aromatic rings. The Morgan fingerprint density at radius 2 is 1.79 bits per heavy atom. The molecule has 1 aromatic carbocycles. The maximum absolute atomic E-state index is 13.4. The standard InChI is InChI=1S/C9H12BFO3/c1-12-8-6-4-5-7(11)9(8)10(13-2)14-3/h4-6H,1-3H3. The first-order valence-electron chi connectivity index (χ1n) is 4.12. The van der Waals surface area contributed by atoms with Crippen molar-refractivity contribution in [1.29, 1.82) is 0 Å². The summed E-state index contributed by atoms with van der Waals surface area (Å²) in [7, 11) is 3.62. The molecule has 0 unspecified atom stereocenters. The third-order valence-corrected chi connectivity index (χ3v) is 1.90. The highest BCUT2D eigenvalue weighted by molar-refractivity contribution is 6.62. The van der Waals surface area contributed by atoms with Crippen LogP contribution in [0, 0.1) is 5.82 Å². The van der Waals surface area contributed by atoms with E-state index in [1.165, 1.54) is 27.4 Å². The molecule has 0 saturated carbocycles. The highest BCUT2D eigenvalue weighted by atomic mass is 19.1. The molecule has 0 spiro atoms. The molecule has 0 fully saturated rings. The largest absolute Gasteiger partial charge is 0.500 e. The van der Waals surface area contributed by atoms with E-state index in [0.717, 1.165) is 0 Å². The number of hydrogen-bond donors (Lipinski definition) is 0. The van der Waals surface area contributed by atoms with Gasteiger partial charge in [0.25, 0.3) is 0 Å². The van der Waals surface area contributed by atoms with E-state index < -0.39 is 12.9 Å². The molecular formula is C9H12BFO3. The van der Waals surface area contributed by atoms with Crippen LogP contribution in [-0.2, 0) is 9.31 Å². The van der Waals surface area contributed by atoms with Gasteiger partial charge in [-0.05, 0) is 12.1 Å². The van der Waals surface area contributed by atoms with Crippen LogP contribution in [-0.4, -0.2) is 28.4 Å². The van der Waals surface area contributed by atoms with Crippen LogP contribution in [0.4, 0.5) is 4.39 Å². The molecule has 0 amide bonds. The molecule has 0 atom stereocenters. The van der Waals surface area contributed by atoms with Gasteiger partial charge >= 0.3 is 7.12 Å². The fourth-order valence-electron chi connectivity index (χ4n) is 1.26. The fraction of sp³-hybridized carbons (Fsp3) is 0.333. The Morgan fingerprint density at radius 1 is 1.14 bits per heavy atom. The number of halogens is 1. The summed E-state index contributed by atoms with van der Waals surface area (Å²) >= 11 is 0. The van der Waals surface area contributed by atoms with Crippen LogP contribution in [0.1, 0.15) is 0 Å². The first-order chi connectivity index (χ1) is 6.74. The van der Waals surface area contributed by atoms with Crippen molar-refractivity contribution >= 4 is 12.6 Å². The van der Waals surface area contributed by atoms with Crippen LogP contribution in [0.5, 0.6) is 5.75 Å². The minimum absolute atomic E-state index is 0.278. The summed E-state index contributed by atoms with van der Waals surface area (Å²) in [5, 5.41) is 0. The van der Waals surface area contributed by atoms with Crippen LogP contribution in [0.3, 0.4) is 0 Å². The zero-order chi connectivity index (χ0) is 10.6. The van der Waals surface area contributed by atoms with Gasteiger partial charge < -0.3 is 14.0 Å². The molecule has 0 aromatic heterocycles. The number of hydrogen-bond acceptors (Lipinski definition) is 3. The van der Waals surface area contributed by atoms with Gasteiger partial charge in [-0.25, -0.2) is 4.39 Å². The van der Waals surface area contributed by atoms with Gasteiger partial charge in [0.2, 0.25) is 0 Å². The van der Waals surface area contributed by atoms with Crippen molar-refractivity contribution in [2.45, 2.75) is 0 Å². The Bertz CT molecular complexity index is 302. The Kier molecular flexibility index (Phi) is 3.91. The summed E-state index contributed by atoms with van der Waals surface area (Å²) < 4.78 is 28.4. The number of ether oxygens (including phenoxy) is 1. The molecule has 3 nitrogen and oxygen atoms in total. The second-order valence-electron chi connectivity index (χ2n) is 2.66. The molecule has 0 aliphatic heterocycles. The number of rotatable bonds is 4. The van der Waals surface area contributed by atoms with Gasteiger partial charge in [0, 0.05) is 14.2 Å². The van der Waals surface area contributed by atoms with E-state index in [9.17, 15) is 4.39 Å². The molecule has 0 heterocycles. The fourth-order valence-corrected chi connectivity index (χ4v) is 1.26. The van der Waals surface area contributed by atoms with Crippen molar-refractivity contribution in [3.05, 3.63) is 24.0 Å². The molecule has 0 N–H and O–H groups in total. The van der Waals surface area contributed by atoms with E-state index in [1.807, 2.05) is 0 Å². The van der Waals surface area contributed by atoms with E-state index in [0.29, 0.717) is 5.75 Å². The predicted octanol–water partition coefficient (Wildman–Crippen LogP) is 0.822. The van der Waals surface area contributed by atoms with Crippen molar-refractivity contribution < 1.29 is 18.4 Å². The van der Waals surface area contributed by atoms with Crippen molar-refractivity contribution in [1.82, 2.24) is 0 Å². The van der Waals surface area contributed by atoms with Gasteiger partial charge in [0.05, 0.1) is 12.6 Å². The van der Waals surface area contributed by atoms with Gasteiger partial charge in [-0.15, -0.1) is 0 Å². The lowest BCUT2D eigenvalue weighted by atomic mass is 9.78. The molecule has 0 aliphatic rings. The number of methoxy groups -OCH3 is 1. The quantitative estimate of drug-likeness (QED) is 0.670. The predicted molar refractivity (Wildman–Crippen MR) is 52.4 cm³/mol. The maximum Gasteiger partial charge on any atom is 0.500 e. The van der Waals surface area contributed by atoms with Crippen molar-refractivity contribution in [2.75, 3.05) is 21.3 Å². The average Bonchev–Trinajstić information content (AvgIpc) is 2.22. The van der Waals surface area contributed by atoms with Gasteiger partial charge in [0.1, 0.15) is 11.6 Å². The van der Waals surface area contributed by atoms with Crippen LogP contribution < -0.4 is 10.2 Å². The maximum atomic E-state index is 13.4. The Labute approximate surface area is 82.9 Å². The zero-order valence-electron chi connectivity index (χ0n) is 8.41. The Morgan fingerprint density at radius 3 is 2.29 bits per heavy atom. The molecule has 0 bridgehead atoms. The third kappa shape index (κ3) is 2.05. The van der Waals surface area contributed by atoms with E-state index >= 15 is 0 Å². The molecule has 0 saturated heterocycles. The lowest BCUT2D eigenvalue weighted by Crippen LogP contribution is -2.38. The third-order valence-electron chi connectivity index (χ3n) is 1.90. The first-order valence-corrected chi connectivity index (χ1v) is 4.12. The van der Waals surface area contributed by atoms with Gasteiger partial charge in [-0.1, -0.05) is 6.07 Å². The van der Waals surface area contributed by atoms with E-state index in [1.54, 1.807) is 12.1 Å². The molecule has 5 heteroatoms. The average molecular weight is 198 g/mol. The SMILES string of the molecule is COB(OC)c1c(F)cccc1OC. The normalized spacial score (nSPS) is 10.0. The highest BCUT2D eigenvalue weighted by Gasteiger charge is 2.26. The molecular weight excluding hydrogens is 186 g/mol. The molecule has 76 valence electrons. The molecule has 14 heavy (non-hydrogen) atoms. The summed E-state index contributed by atoms with van der Waals surface area (Å²) in [5.74, 6) is 0.0109. The lowest BCUT2D eigenvalue weighted by Gasteiger charge is -2.13. The van der Waals surface area contributed by atoms with Crippen LogP contribution in [0.15, 0.2) is 18.2 Å². The van der Waals surface area contributed by atoms with Crippen LogP contribution >= 0.6 is 0 Å². The summed E-state index contributed by atoms with van der Waals surface area (Å²) in [6, 6.07) is 4.56. The minimum atomic E-state index is -0.744. The highest BCUT2D eigenvalue weighted by Crippen LogP contribution is 2.11. The Balaban J connectivity index is 3.14. The summed E-state index contributed by atoms with van der Waals surface area (Å²) in [5.41, 5.74) is 0.278. The second-order valence-corrected chi connectivity index (χ2v) is 2.66. The zero-order valence-corrected chi connectivity index (χ0v) is 8.41. The Hall–Kier alpha value is -1.07. The summed E-state index contributed by atoms with van der Waals surface area (Å²) in [6.45, 7) is 0. The van der Waals surface area contributed by atoms with Gasteiger partial charge in [-0.2, -0.15) is 0 Å². The summed E-state index contributed by atoms with van der Waals surface area (Å²) in [6.07, 6.45) is 0. The van der Waals surface area contributed by atoms with Crippen LogP contribution in [0.2, 0.25) is 0 Å². The summed E-state index contributed by atoms with van der Waals surface area (Å²) in [4.78, 5) is 0. The monoisotopic (exact) mass is 198 g/mol. The second kappa shape index (κ2) is 4.98. The first kappa shape index (κ1) is 11.0. The van der Waals surface area contributed by atoms with Crippen molar-refractivity contribution in [3.8, 4) is 5.75 Å². The molecule has 1 rings (SSSR count). The van der Waals surface area contributed by atoms with Crippen molar-refractivity contribution in [3.63, 3.8) is 0 Å². The topological polar surface area (TPSA) is 27.7 Å². The van der Waals surface area contributed by atoms with Gasteiger partial charge in [-0.3, -0.25) is 0 Å².